The first kappa shape index (κ1) is 18.1. The SMILES string of the molecule is CC(C)(C)OC(=O)N1CCC[C@@H]1c1ccc(SC(C)(C)C)nc1. The fourth-order valence-electron chi connectivity index (χ4n) is 2.62. The van der Waals surface area contributed by atoms with E-state index in [4.69, 9.17) is 4.74 Å². The second-order valence-electron chi connectivity index (χ2n) is 7.98. The molecule has 0 aromatic carbocycles. The third kappa shape index (κ3) is 5.41. The molecule has 4 nitrogen and oxygen atoms in total. The van der Waals surface area contributed by atoms with Crippen LogP contribution >= 0.6 is 11.8 Å². The number of thioether (sulfide) groups is 1. The van der Waals surface area contributed by atoms with E-state index >= 15 is 0 Å². The minimum absolute atomic E-state index is 0.0750. The summed E-state index contributed by atoms with van der Waals surface area (Å²) in [6, 6.07) is 4.22. The average Bonchev–Trinajstić information content (AvgIpc) is 2.85. The number of amides is 1. The maximum Gasteiger partial charge on any atom is 0.410 e. The number of ether oxygens (including phenoxy) is 1. The van der Waals surface area contributed by atoms with Crippen molar-refractivity contribution >= 4 is 17.9 Å². The first-order chi connectivity index (χ1) is 10.6. The van der Waals surface area contributed by atoms with Crippen molar-refractivity contribution < 1.29 is 9.53 Å². The van der Waals surface area contributed by atoms with Crippen molar-refractivity contribution in [3.8, 4) is 0 Å². The van der Waals surface area contributed by atoms with Gasteiger partial charge in [0.15, 0.2) is 0 Å². The van der Waals surface area contributed by atoms with E-state index in [0.717, 1.165) is 30.0 Å². The third-order valence-corrected chi connectivity index (χ3v) is 4.50. The highest BCUT2D eigenvalue weighted by Gasteiger charge is 2.33. The van der Waals surface area contributed by atoms with Crippen LogP contribution in [0.5, 0.6) is 0 Å². The van der Waals surface area contributed by atoms with Crippen LogP contribution in [0.2, 0.25) is 0 Å². The van der Waals surface area contributed by atoms with E-state index in [1.165, 1.54) is 0 Å². The molecule has 1 saturated heterocycles. The minimum atomic E-state index is -0.463. The van der Waals surface area contributed by atoms with E-state index < -0.39 is 5.60 Å². The van der Waals surface area contributed by atoms with E-state index in [1.54, 1.807) is 11.8 Å². The number of carbonyl (C=O) groups excluding carboxylic acids is 1. The first-order valence-corrected chi connectivity index (χ1v) is 9.01. The molecule has 5 heteroatoms. The number of likely N-dealkylation sites (tertiary alicyclic amines) is 1. The number of carbonyl (C=O) groups is 1. The molecule has 1 fully saturated rings. The molecule has 1 aliphatic rings. The Bertz CT molecular complexity index is 544. The topological polar surface area (TPSA) is 42.4 Å². The largest absolute Gasteiger partial charge is 0.444 e. The Balaban J connectivity index is 2.09. The Kier molecular flexibility index (Phi) is 5.29. The van der Waals surface area contributed by atoms with Crippen molar-refractivity contribution in [3.63, 3.8) is 0 Å². The average molecular weight is 337 g/mol. The van der Waals surface area contributed by atoms with Gasteiger partial charge in [-0.25, -0.2) is 9.78 Å². The van der Waals surface area contributed by atoms with Crippen LogP contribution in [0.15, 0.2) is 23.4 Å². The summed E-state index contributed by atoms with van der Waals surface area (Å²) < 4.78 is 5.67. The summed E-state index contributed by atoms with van der Waals surface area (Å²) in [7, 11) is 0. The molecule has 0 aliphatic carbocycles. The van der Waals surface area contributed by atoms with Gasteiger partial charge >= 0.3 is 6.09 Å². The summed E-state index contributed by atoms with van der Waals surface area (Å²) in [6.07, 6.45) is 3.64. The normalized spacial score (nSPS) is 19.0. The van der Waals surface area contributed by atoms with Gasteiger partial charge in [0.2, 0.25) is 0 Å². The third-order valence-electron chi connectivity index (χ3n) is 3.44. The fraction of sp³-hybridized carbons (Fsp3) is 0.667. The number of pyridine rings is 1. The molecule has 0 N–H and O–H groups in total. The number of aromatic nitrogens is 1. The predicted molar refractivity (Wildman–Crippen MR) is 94.8 cm³/mol. The molecular formula is C18H28N2O2S. The van der Waals surface area contributed by atoms with Crippen molar-refractivity contribution in [2.45, 2.75) is 75.8 Å². The van der Waals surface area contributed by atoms with Crippen LogP contribution < -0.4 is 0 Å². The van der Waals surface area contributed by atoms with Crippen molar-refractivity contribution in [1.29, 1.82) is 0 Å². The maximum absolute atomic E-state index is 12.4. The van der Waals surface area contributed by atoms with Gasteiger partial charge in [0.1, 0.15) is 5.60 Å². The lowest BCUT2D eigenvalue weighted by Gasteiger charge is -2.28. The smallest absolute Gasteiger partial charge is 0.410 e. The molecule has 1 amide bonds. The number of nitrogens with zero attached hydrogens (tertiary/aromatic N) is 2. The highest BCUT2D eigenvalue weighted by atomic mass is 32.2. The van der Waals surface area contributed by atoms with Crippen molar-refractivity contribution in [2.75, 3.05) is 6.54 Å². The van der Waals surface area contributed by atoms with Gasteiger partial charge < -0.3 is 9.64 Å². The minimum Gasteiger partial charge on any atom is -0.444 e. The molecule has 1 aliphatic heterocycles. The fourth-order valence-corrected chi connectivity index (χ4v) is 3.48. The van der Waals surface area contributed by atoms with Crippen LogP contribution in [-0.4, -0.2) is 32.9 Å². The monoisotopic (exact) mass is 336 g/mol. The molecule has 128 valence electrons. The summed E-state index contributed by atoms with van der Waals surface area (Å²) in [5, 5.41) is 1.02. The van der Waals surface area contributed by atoms with Gasteiger partial charge in [-0.2, -0.15) is 0 Å². The van der Waals surface area contributed by atoms with E-state index in [9.17, 15) is 4.79 Å². The molecule has 1 atom stereocenters. The van der Waals surface area contributed by atoms with Gasteiger partial charge in [-0.3, -0.25) is 0 Å². The Labute approximate surface area is 144 Å². The van der Waals surface area contributed by atoms with Gasteiger partial charge in [0.05, 0.1) is 11.1 Å². The zero-order chi connectivity index (χ0) is 17.3. The molecule has 1 aromatic heterocycles. The van der Waals surface area contributed by atoms with Crippen LogP contribution in [0, 0.1) is 0 Å². The Morgan fingerprint density at radius 1 is 1.26 bits per heavy atom. The summed E-state index contributed by atoms with van der Waals surface area (Å²) >= 11 is 1.75. The van der Waals surface area contributed by atoms with Gasteiger partial charge in [-0.15, -0.1) is 11.8 Å². The molecular weight excluding hydrogens is 308 g/mol. The van der Waals surface area contributed by atoms with Crippen molar-refractivity contribution in [1.82, 2.24) is 9.88 Å². The van der Waals surface area contributed by atoms with Crippen LogP contribution in [0.1, 0.15) is 66.0 Å². The van der Waals surface area contributed by atoms with Crippen LogP contribution in [0.25, 0.3) is 0 Å². The first-order valence-electron chi connectivity index (χ1n) is 8.20. The van der Waals surface area contributed by atoms with Gasteiger partial charge in [0, 0.05) is 17.5 Å². The Morgan fingerprint density at radius 2 is 1.96 bits per heavy atom. The van der Waals surface area contributed by atoms with E-state index in [1.807, 2.05) is 31.9 Å². The van der Waals surface area contributed by atoms with E-state index in [2.05, 4.69) is 37.9 Å². The Morgan fingerprint density at radius 3 is 2.48 bits per heavy atom. The van der Waals surface area contributed by atoms with E-state index in [0.29, 0.717) is 0 Å². The lowest BCUT2D eigenvalue weighted by molar-refractivity contribution is 0.0224. The molecule has 1 aromatic rings. The molecule has 2 rings (SSSR count). The molecule has 23 heavy (non-hydrogen) atoms. The second kappa shape index (κ2) is 6.71. The molecule has 0 unspecified atom stereocenters. The van der Waals surface area contributed by atoms with Gasteiger partial charge in [-0.1, -0.05) is 26.8 Å². The summed E-state index contributed by atoms with van der Waals surface area (Å²) in [6.45, 7) is 13.0. The quantitative estimate of drug-likeness (QED) is 0.709. The molecule has 0 bridgehead atoms. The van der Waals surface area contributed by atoms with Crippen molar-refractivity contribution in [3.05, 3.63) is 23.9 Å². The lowest BCUT2D eigenvalue weighted by Crippen LogP contribution is -2.36. The zero-order valence-corrected chi connectivity index (χ0v) is 15.9. The summed E-state index contributed by atoms with van der Waals surface area (Å²) in [4.78, 5) is 18.8. The van der Waals surface area contributed by atoms with Crippen LogP contribution in [0.4, 0.5) is 4.79 Å². The summed E-state index contributed by atoms with van der Waals surface area (Å²) in [5.41, 5.74) is 0.627. The molecule has 0 radical (unpaired) electrons. The Hall–Kier alpha value is -1.23. The number of hydrogen-bond acceptors (Lipinski definition) is 4. The lowest BCUT2D eigenvalue weighted by atomic mass is 10.1. The van der Waals surface area contributed by atoms with Crippen LogP contribution in [-0.2, 0) is 4.74 Å². The standard InChI is InChI=1S/C18H28N2O2S/c1-17(2,3)22-16(21)20-11-7-8-14(20)13-9-10-15(19-12-13)23-18(4,5)6/h9-10,12,14H,7-8,11H2,1-6H3/t14-/m1/s1. The van der Waals surface area contributed by atoms with Gasteiger partial charge in [0.25, 0.3) is 0 Å². The highest BCUT2D eigenvalue weighted by Crippen LogP contribution is 2.35. The highest BCUT2D eigenvalue weighted by molar-refractivity contribution is 8.00. The predicted octanol–water partition coefficient (Wildman–Crippen LogP) is 5.04. The van der Waals surface area contributed by atoms with E-state index in [-0.39, 0.29) is 16.9 Å². The van der Waals surface area contributed by atoms with Crippen LogP contribution in [0.3, 0.4) is 0 Å². The zero-order valence-electron chi connectivity index (χ0n) is 15.0. The number of hydrogen-bond donors (Lipinski definition) is 0. The summed E-state index contributed by atoms with van der Waals surface area (Å²) in [5.74, 6) is 0. The molecule has 0 spiro atoms. The van der Waals surface area contributed by atoms with Crippen molar-refractivity contribution in [2.24, 2.45) is 0 Å². The molecule has 2 heterocycles. The molecule has 0 saturated carbocycles. The second-order valence-corrected chi connectivity index (χ2v) is 9.82. The maximum atomic E-state index is 12.4. The number of rotatable bonds is 2. The van der Waals surface area contributed by atoms with Gasteiger partial charge in [-0.05, 0) is 45.2 Å².